The summed E-state index contributed by atoms with van der Waals surface area (Å²) < 4.78 is 0. The summed E-state index contributed by atoms with van der Waals surface area (Å²) in [6.07, 6.45) is 6.43. The van der Waals surface area contributed by atoms with Crippen LogP contribution in [0.3, 0.4) is 0 Å². The second-order valence-electron chi connectivity index (χ2n) is 6.18. The summed E-state index contributed by atoms with van der Waals surface area (Å²) in [7, 11) is 0. The molecule has 0 saturated heterocycles. The van der Waals surface area contributed by atoms with Crippen molar-refractivity contribution >= 4 is 5.82 Å². The normalized spacial score (nSPS) is 15.3. The van der Waals surface area contributed by atoms with E-state index in [-0.39, 0.29) is 0 Å². The minimum atomic E-state index is 0.477. The molecule has 0 unspecified atom stereocenters. The molecule has 0 aromatic carbocycles. The van der Waals surface area contributed by atoms with Crippen LogP contribution in [0.5, 0.6) is 0 Å². The van der Waals surface area contributed by atoms with Gasteiger partial charge in [0.1, 0.15) is 5.82 Å². The number of hydrogen-bond donors (Lipinski definition) is 1. The topological polar surface area (TPSA) is 41.1 Å². The van der Waals surface area contributed by atoms with Crippen LogP contribution in [0.25, 0.3) is 0 Å². The maximum Gasteiger partial charge on any atom is 0.147 e. The van der Waals surface area contributed by atoms with E-state index < -0.39 is 0 Å². The van der Waals surface area contributed by atoms with Gasteiger partial charge in [0.15, 0.2) is 0 Å². The van der Waals surface area contributed by atoms with E-state index >= 15 is 0 Å². The van der Waals surface area contributed by atoms with E-state index in [1.54, 1.807) is 0 Å². The predicted molar refractivity (Wildman–Crippen MR) is 79.2 cm³/mol. The van der Waals surface area contributed by atoms with Gasteiger partial charge in [0, 0.05) is 25.2 Å². The van der Waals surface area contributed by atoms with Gasteiger partial charge in [-0.1, -0.05) is 27.7 Å². The molecule has 1 N–H and O–H groups in total. The Labute approximate surface area is 116 Å². The highest BCUT2D eigenvalue weighted by Gasteiger charge is 2.30. The molecule has 1 fully saturated rings. The highest BCUT2D eigenvalue weighted by molar-refractivity contribution is 5.39. The summed E-state index contributed by atoms with van der Waals surface area (Å²) in [5, 5.41) is 3.36. The van der Waals surface area contributed by atoms with Crippen molar-refractivity contribution in [1.82, 2.24) is 15.3 Å². The molecule has 0 radical (unpaired) electrons. The predicted octanol–water partition coefficient (Wildman–Crippen LogP) is 2.60. The molecule has 0 bridgehead atoms. The van der Waals surface area contributed by atoms with Crippen molar-refractivity contribution in [1.29, 1.82) is 0 Å². The molecule has 1 heterocycles. The van der Waals surface area contributed by atoms with Crippen molar-refractivity contribution in [3.8, 4) is 0 Å². The van der Waals surface area contributed by atoms with Gasteiger partial charge in [-0.25, -0.2) is 4.98 Å². The molecule has 2 rings (SSSR count). The molecule has 1 saturated carbocycles. The summed E-state index contributed by atoms with van der Waals surface area (Å²) in [5.41, 5.74) is 1.01. The number of aromatic nitrogens is 2. The summed E-state index contributed by atoms with van der Waals surface area (Å²) in [5.74, 6) is 1.69. The molecule has 4 heteroatoms. The first-order chi connectivity index (χ1) is 9.06. The Bertz CT molecular complexity index is 382. The summed E-state index contributed by atoms with van der Waals surface area (Å²) in [4.78, 5) is 11.5. The van der Waals surface area contributed by atoms with Crippen molar-refractivity contribution in [2.45, 2.75) is 59.2 Å². The van der Waals surface area contributed by atoms with Gasteiger partial charge in [-0.15, -0.1) is 0 Å². The standard InChI is InChI=1S/C15H26N4/c1-11(2)10-19(14-5-6-14)15-9-17-13(8-18-15)7-16-12(3)4/h8-9,11-12,14,16H,5-7,10H2,1-4H3. The fourth-order valence-corrected chi connectivity index (χ4v) is 2.11. The van der Waals surface area contributed by atoms with Gasteiger partial charge >= 0.3 is 0 Å². The lowest BCUT2D eigenvalue weighted by Gasteiger charge is -2.25. The zero-order valence-corrected chi connectivity index (χ0v) is 12.6. The number of nitrogens with zero attached hydrogens (tertiary/aromatic N) is 3. The van der Waals surface area contributed by atoms with Crippen molar-refractivity contribution < 1.29 is 0 Å². The maximum atomic E-state index is 4.59. The van der Waals surface area contributed by atoms with Gasteiger partial charge in [-0.05, 0) is 18.8 Å². The van der Waals surface area contributed by atoms with Gasteiger partial charge in [0.05, 0.1) is 18.1 Å². The summed E-state index contributed by atoms with van der Waals surface area (Å²) in [6, 6.07) is 1.17. The quantitative estimate of drug-likeness (QED) is 0.820. The molecule has 106 valence electrons. The van der Waals surface area contributed by atoms with Crippen LogP contribution >= 0.6 is 0 Å². The Morgan fingerprint density at radius 1 is 1.21 bits per heavy atom. The third-order valence-corrected chi connectivity index (χ3v) is 3.23. The molecular weight excluding hydrogens is 236 g/mol. The van der Waals surface area contributed by atoms with Crippen LogP contribution in [-0.4, -0.2) is 28.6 Å². The van der Waals surface area contributed by atoms with Crippen LogP contribution in [0.15, 0.2) is 12.4 Å². The molecule has 0 aliphatic heterocycles. The third kappa shape index (κ3) is 4.46. The lowest BCUT2D eigenvalue weighted by atomic mass is 10.2. The van der Waals surface area contributed by atoms with Crippen molar-refractivity contribution in [2.75, 3.05) is 11.4 Å². The minimum Gasteiger partial charge on any atom is -0.352 e. The van der Waals surface area contributed by atoms with Gasteiger partial charge in [0.25, 0.3) is 0 Å². The van der Waals surface area contributed by atoms with Crippen LogP contribution in [0.2, 0.25) is 0 Å². The average Bonchev–Trinajstić information content (AvgIpc) is 3.18. The third-order valence-electron chi connectivity index (χ3n) is 3.23. The fourth-order valence-electron chi connectivity index (χ4n) is 2.11. The highest BCUT2D eigenvalue weighted by Crippen LogP contribution is 2.30. The monoisotopic (exact) mass is 262 g/mol. The van der Waals surface area contributed by atoms with Gasteiger partial charge in [-0.3, -0.25) is 4.98 Å². The second kappa shape index (κ2) is 6.33. The highest BCUT2D eigenvalue weighted by atomic mass is 15.2. The molecule has 0 amide bonds. The van der Waals surface area contributed by atoms with E-state index in [4.69, 9.17) is 0 Å². The van der Waals surface area contributed by atoms with E-state index in [1.807, 2.05) is 12.4 Å². The van der Waals surface area contributed by atoms with Gasteiger partial charge in [0.2, 0.25) is 0 Å². The van der Waals surface area contributed by atoms with Crippen LogP contribution in [-0.2, 0) is 6.54 Å². The smallest absolute Gasteiger partial charge is 0.147 e. The number of hydrogen-bond acceptors (Lipinski definition) is 4. The zero-order chi connectivity index (χ0) is 13.8. The molecule has 1 aliphatic carbocycles. The van der Waals surface area contributed by atoms with E-state index in [2.05, 4.69) is 47.9 Å². The first-order valence-corrected chi connectivity index (χ1v) is 7.37. The van der Waals surface area contributed by atoms with Crippen molar-refractivity contribution in [3.05, 3.63) is 18.1 Å². The molecule has 1 aromatic rings. The van der Waals surface area contributed by atoms with E-state index in [9.17, 15) is 0 Å². The Balaban J connectivity index is 1.99. The van der Waals surface area contributed by atoms with Crippen LogP contribution in [0.1, 0.15) is 46.2 Å². The van der Waals surface area contributed by atoms with Crippen LogP contribution in [0.4, 0.5) is 5.82 Å². The van der Waals surface area contributed by atoms with Gasteiger partial charge in [-0.2, -0.15) is 0 Å². The van der Waals surface area contributed by atoms with Crippen molar-refractivity contribution in [3.63, 3.8) is 0 Å². The summed E-state index contributed by atoms with van der Waals surface area (Å²) in [6.45, 7) is 10.6. The number of nitrogens with one attached hydrogen (secondary N) is 1. The summed E-state index contributed by atoms with van der Waals surface area (Å²) >= 11 is 0. The molecule has 0 spiro atoms. The van der Waals surface area contributed by atoms with Crippen LogP contribution in [0, 0.1) is 5.92 Å². The minimum absolute atomic E-state index is 0.477. The van der Waals surface area contributed by atoms with E-state index in [1.165, 1.54) is 12.8 Å². The Morgan fingerprint density at radius 3 is 2.42 bits per heavy atom. The zero-order valence-electron chi connectivity index (χ0n) is 12.6. The Hall–Kier alpha value is -1.16. The molecule has 0 atom stereocenters. The largest absolute Gasteiger partial charge is 0.352 e. The average molecular weight is 262 g/mol. The Morgan fingerprint density at radius 2 is 1.95 bits per heavy atom. The lowest BCUT2D eigenvalue weighted by Crippen LogP contribution is -2.31. The van der Waals surface area contributed by atoms with Crippen LogP contribution < -0.4 is 10.2 Å². The molecule has 1 aliphatic rings. The molecule has 4 nitrogen and oxygen atoms in total. The number of rotatable bonds is 7. The van der Waals surface area contributed by atoms with Crippen molar-refractivity contribution in [2.24, 2.45) is 5.92 Å². The first kappa shape index (κ1) is 14.3. The first-order valence-electron chi connectivity index (χ1n) is 7.37. The molecular formula is C15H26N4. The van der Waals surface area contributed by atoms with E-state index in [0.29, 0.717) is 18.0 Å². The number of anilines is 1. The molecule has 1 aromatic heterocycles. The van der Waals surface area contributed by atoms with Gasteiger partial charge < -0.3 is 10.2 Å². The SMILES string of the molecule is CC(C)CN(c1cnc(CNC(C)C)cn1)C1CC1. The fraction of sp³-hybridized carbons (Fsp3) is 0.733. The maximum absolute atomic E-state index is 4.59. The molecule has 19 heavy (non-hydrogen) atoms. The lowest BCUT2D eigenvalue weighted by molar-refractivity contribution is 0.578. The second-order valence-corrected chi connectivity index (χ2v) is 6.18. The van der Waals surface area contributed by atoms with E-state index in [0.717, 1.165) is 24.6 Å². The Kier molecular flexibility index (Phi) is 4.75.